The van der Waals surface area contributed by atoms with Crippen LogP contribution in [0, 0.1) is 0 Å². The Morgan fingerprint density at radius 1 is 1.70 bits per heavy atom. The smallest absolute Gasteiger partial charge is 0.329 e. The lowest BCUT2D eigenvalue weighted by Crippen LogP contribution is -2.34. The summed E-state index contributed by atoms with van der Waals surface area (Å²) in [6, 6.07) is 1.31. The number of aliphatic hydroxyl groups is 1. The molecule has 1 aromatic rings. The summed E-state index contributed by atoms with van der Waals surface area (Å²) in [5.41, 5.74) is 0.280. The number of aliphatic hydroxyl groups excluding tert-OH is 1. The molecule has 1 aliphatic heterocycles. The Morgan fingerprint density at radius 2 is 2.40 bits per heavy atom. The van der Waals surface area contributed by atoms with Crippen LogP contribution in [0.15, 0.2) is 23.2 Å². The molecule has 110 valence electrons. The number of carbonyl (C=O) groups is 1. The van der Waals surface area contributed by atoms with Crippen molar-refractivity contribution in [3.05, 3.63) is 24.4 Å². The summed E-state index contributed by atoms with van der Waals surface area (Å²) in [6.45, 7) is 8.02. The fourth-order valence-electron chi connectivity index (χ4n) is 1.95. The van der Waals surface area contributed by atoms with Gasteiger partial charge in [-0.1, -0.05) is 25.1 Å². The fraction of sp³-hybridized carbons (Fsp3) is 0.538. The predicted molar refractivity (Wildman–Crippen MR) is 75.9 cm³/mol. The van der Waals surface area contributed by atoms with Crippen LogP contribution in [-0.4, -0.2) is 46.4 Å². The molecule has 0 radical (unpaired) electrons. The van der Waals surface area contributed by atoms with Gasteiger partial charge >= 0.3 is 6.03 Å². The Bertz CT molecular complexity index is 515. The van der Waals surface area contributed by atoms with Crippen LogP contribution in [0.3, 0.4) is 0 Å². The second-order valence-corrected chi connectivity index (χ2v) is 5.66. The first-order chi connectivity index (χ1) is 9.40. The molecule has 7 heteroatoms. The van der Waals surface area contributed by atoms with Crippen molar-refractivity contribution in [2.45, 2.75) is 25.5 Å². The number of amides is 2. The van der Waals surface area contributed by atoms with Crippen molar-refractivity contribution < 1.29 is 14.4 Å². The number of hydrogen-bond acceptors (Lipinski definition) is 4. The van der Waals surface area contributed by atoms with Crippen LogP contribution in [0.1, 0.15) is 19.5 Å². The van der Waals surface area contributed by atoms with Crippen LogP contribution < -0.4 is 4.90 Å². The third-order valence-corrected chi connectivity index (χ3v) is 3.94. The quantitative estimate of drug-likeness (QED) is 0.666. The topological polar surface area (TPSA) is 69.8 Å². The highest BCUT2D eigenvalue weighted by Gasteiger charge is 2.39. The van der Waals surface area contributed by atoms with Gasteiger partial charge in [-0.2, -0.15) is 0 Å². The van der Waals surface area contributed by atoms with Crippen LogP contribution in [0.5, 0.6) is 0 Å². The Hall–Kier alpha value is -1.53. The molecular formula is C13H18ClN3O3. The van der Waals surface area contributed by atoms with Gasteiger partial charge in [0.15, 0.2) is 6.23 Å². The first-order valence-corrected chi connectivity index (χ1v) is 6.84. The van der Waals surface area contributed by atoms with Crippen molar-refractivity contribution in [3.8, 4) is 0 Å². The molecular weight excluding hydrogens is 282 g/mol. The largest absolute Gasteiger partial charge is 0.371 e. The zero-order valence-electron chi connectivity index (χ0n) is 11.5. The lowest BCUT2D eigenvalue weighted by atomic mass is 9.92. The van der Waals surface area contributed by atoms with Crippen LogP contribution in [0.2, 0.25) is 0 Å². The first kappa shape index (κ1) is 14.9. The van der Waals surface area contributed by atoms with Gasteiger partial charge in [0.1, 0.15) is 0 Å². The third-order valence-electron chi connectivity index (χ3n) is 3.27. The number of carbonyl (C=O) groups excluding carboxylic acids is 1. The van der Waals surface area contributed by atoms with E-state index < -0.39 is 6.23 Å². The van der Waals surface area contributed by atoms with E-state index in [1.54, 1.807) is 12.1 Å². The summed E-state index contributed by atoms with van der Waals surface area (Å²) in [5, 5.41) is 13.9. The number of hydrogen-bond donors (Lipinski definition) is 1. The number of rotatable bonds is 5. The standard InChI is InChI=1S/C13H18ClN3O3/c1-4-5-16-7-10(18)17(12(16)19)11-6-9(15-20-11)13(2,3)8-14/h4,6,10,18H,1,5,7-8H2,2-3H3. The van der Waals surface area contributed by atoms with Gasteiger partial charge < -0.3 is 14.5 Å². The number of nitrogens with zero attached hydrogens (tertiary/aromatic N) is 3. The molecule has 2 heterocycles. The van der Waals surface area contributed by atoms with E-state index in [2.05, 4.69) is 11.7 Å². The maximum absolute atomic E-state index is 12.2. The first-order valence-electron chi connectivity index (χ1n) is 6.31. The van der Waals surface area contributed by atoms with Crippen molar-refractivity contribution in [2.24, 2.45) is 0 Å². The second kappa shape index (κ2) is 5.46. The molecule has 6 nitrogen and oxygen atoms in total. The normalized spacial score (nSPS) is 19.8. The lowest BCUT2D eigenvalue weighted by molar-refractivity contribution is 0.176. The van der Waals surface area contributed by atoms with Gasteiger partial charge in [0.2, 0.25) is 5.88 Å². The summed E-state index contributed by atoms with van der Waals surface area (Å²) < 4.78 is 5.19. The number of halogens is 1. The van der Waals surface area contributed by atoms with E-state index in [0.29, 0.717) is 18.1 Å². The Kier molecular flexibility index (Phi) is 4.06. The Labute approximate surface area is 122 Å². The van der Waals surface area contributed by atoms with Crippen LogP contribution >= 0.6 is 11.6 Å². The summed E-state index contributed by atoms with van der Waals surface area (Å²) in [7, 11) is 0. The average molecular weight is 300 g/mol. The second-order valence-electron chi connectivity index (χ2n) is 5.39. The number of alkyl halides is 1. The fourth-order valence-corrected chi connectivity index (χ4v) is 2.09. The van der Waals surface area contributed by atoms with E-state index in [1.165, 1.54) is 9.80 Å². The van der Waals surface area contributed by atoms with Gasteiger partial charge in [-0.25, -0.2) is 9.69 Å². The van der Waals surface area contributed by atoms with Gasteiger partial charge in [-0.15, -0.1) is 18.2 Å². The monoisotopic (exact) mass is 299 g/mol. The summed E-state index contributed by atoms with van der Waals surface area (Å²) in [6.07, 6.45) is 0.652. The van der Waals surface area contributed by atoms with Crippen molar-refractivity contribution >= 4 is 23.5 Å². The molecule has 2 rings (SSSR count). The molecule has 0 saturated carbocycles. The lowest BCUT2D eigenvalue weighted by Gasteiger charge is -2.17. The number of aromatic nitrogens is 1. The van der Waals surface area contributed by atoms with Crippen molar-refractivity contribution in [1.29, 1.82) is 0 Å². The van der Waals surface area contributed by atoms with E-state index >= 15 is 0 Å². The van der Waals surface area contributed by atoms with Gasteiger partial charge in [0.25, 0.3) is 0 Å². The predicted octanol–water partition coefficient (Wildman–Crippen LogP) is 1.94. The highest BCUT2D eigenvalue weighted by molar-refractivity contribution is 6.18. The molecule has 1 unspecified atom stereocenters. The number of anilines is 1. The molecule has 1 aliphatic rings. The minimum absolute atomic E-state index is 0.208. The molecule has 1 saturated heterocycles. The molecule has 0 bridgehead atoms. The SMILES string of the molecule is C=CCN1CC(O)N(c2cc(C(C)(C)CCl)no2)C1=O. The molecule has 2 amide bonds. The molecule has 0 aliphatic carbocycles. The van der Waals surface area contributed by atoms with Gasteiger partial charge in [-0.3, -0.25) is 0 Å². The molecule has 1 N–H and O–H groups in total. The highest BCUT2D eigenvalue weighted by Crippen LogP contribution is 2.30. The van der Waals surface area contributed by atoms with E-state index in [-0.39, 0.29) is 23.9 Å². The zero-order valence-corrected chi connectivity index (χ0v) is 12.3. The maximum Gasteiger partial charge on any atom is 0.329 e. The van der Waals surface area contributed by atoms with E-state index in [0.717, 1.165) is 0 Å². The molecule has 0 spiro atoms. The van der Waals surface area contributed by atoms with E-state index in [4.69, 9.17) is 16.1 Å². The Morgan fingerprint density at radius 3 is 3.00 bits per heavy atom. The third kappa shape index (κ3) is 2.53. The van der Waals surface area contributed by atoms with Gasteiger partial charge in [0, 0.05) is 23.9 Å². The van der Waals surface area contributed by atoms with Crippen molar-refractivity contribution in [1.82, 2.24) is 10.1 Å². The van der Waals surface area contributed by atoms with Crippen molar-refractivity contribution in [2.75, 3.05) is 23.9 Å². The molecule has 1 fully saturated rings. The van der Waals surface area contributed by atoms with E-state index in [1.807, 2.05) is 13.8 Å². The van der Waals surface area contributed by atoms with Crippen LogP contribution in [-0.2, 0) is 5.41 Å². The Balaban J connectivity index is 2.24. The molecule has 1 aromatic heterocycles. The molecule has 1 atom stereocenters. The number of β-amino-alcohol motifs (C(OH)–C–C–N with tert-alkyl or cyclic N) is 1. The van der Waals surface area contributed by atoms with E-state index in [9.17, 15) is 9.90 Å². The summed E-state index contributed by atoms with van der Waals surface area (Å²) >= 11 is 5.89. The van der Waals surface area contributed by atoms with Crippen LogP contribution in [0.25, 0.3) is 0 Å². The molecule has 0 aromatic carbocycles. The molecule has 20 heavy (non-hydrogen) atoms. The maximum atomic E-state index is 12.2. The van der Waals surface area contributed by atoms with Gasteiger partial charge in [0.05, 0.1) is 12.2 Å². The zero-order chi connectivity index (χ0) is 14.9. The highest BCUT2D eigenvalue weighted by atomic mass is 35.5. The van der Waals surface area contributed by atoms with Crippen LogP contribution in [0.4, 0.5) is 10.7 Å². The average Bonchev–Trinajstić information content (AvgIpc) is 2.97. The minimum atomic E-state index is -0.956. The van der Waals surface area contributed by atoms with Crippen molar-refractivity contribution in [3.63, 3.8) is 0 Å². The summed E-state index contributed by atoms with van der Waals surface area (Å²) in [4.78, 5) is 14.8. The van der Waals surface area contributed by atoms with Gasteiger partial charge in [-0.05, 0) is 0 Å². The number of urea groups is 1. The summed E-state index contributed by atoms with van der Waals surface area (Å²) in [5.74, 6) is 0.597. The minimum Gasteiger partial charge on any atom is -0.371 e.